The molecule has 14 heavy (non-hydrogen) atoms. The molecule has 3 nitrogen and oxygen atoms in total. The quantitative estimate of drug-likeness (QED) is 0.676. The zero-order valence-electron chi connectivity index (χ0n) is 8.26. The molecule has 0 spiro atoms. The highest BCUT2D eigenvalue weighted by atomic mass is 15.3. The van der Waals surface area contributed by atoms with Gasteiger partial charge in [0.1, 0.15) is 5.82 Å². The van der Waals surface area contributed by atoms with Crippen molar-refractivity contribution in [2.24, 2.45) is 0 Å². The van der Waals surface area contributed by atoms with Crippen LogP contribution in [0.25, 0.3) is 0 Å². The van der Waals surface area contributed by atoms with Crippen molar-refractivity contribution in [2.45, 2.75) is 44.2 Å². The van der Waals surface area contributed by atoms with E-state index >= 15 is 0 Å². The van der Waals surface area contributed by atoms with Crippen molar-refractivity contribution < 1.29 is 0 Å². The fourth-order valence-corrected chi connectivity index (χ4v) is 2.92. The van der Waals surface area contributed by atoms with Gasteiger partial charge in [-0.05, 0) is 32.1 Å². The lowest BCUT2D eigenvalue weighted by atomic mass is 10.0. The standard InChI is InChI=1S/C11H15N3/c1-2-9-4-5-10(3-1)14(9)11-8-12-6-7-13-11/h6-10H,1-5H2. The molecule has 2 fully saturated rings. The predicted octanol–water partition coefficient (Wildman–Crippen LogP) is 2.00. The molecule has 0 aromatic carbocycles. The van der Waals surface area contributed by atoms with Crippen molar-refractivity contribution in [1.29, 1.82) is 0 Å². The van der Waals surface area contributed by atoms with Gasteiger partial charge in [0, 0.05) is 24.5 Å². The van der Waals surface area contributed by atoms with Crippen LogP contribution < -0.4 is 4.90 Å². The third kappa shape index (κ3) is 1.19. The lowest BCUT2D eigenvalue weighted by Crippen LogP contribution is -2.40. The number of hydrogen-bond donors (Lipinski definition) is 0. The van der Waals surface area contributed by atoms with E-state index in [2.05, 4.69) is 14.9 Å². The van der Waals surface area contributed by atoms with Gasteiger partial charge in [-0.2, -0.15) is 0 Å². The molecule has 2 aliphatic rings. The molecule has 0 amide bonds. The zero-order valence-corrected chi connectivity index (χ0v) is 8.26. The Morgan fingerprint density at radius 3 is 2.50 bits per heavy atom. The summed E-state index contributed by atoms with van der Waals surface area (Å²) in [5.74, 6) is 1.08. The Labute approximate surface area is 84.2 Å². The van der Waals surface area contributed by atoms with Crippen molar-refractivity contribution in [3.8, 4) is 0 Å². The van der Waals surface area contributed by atoms with Gasteiger partial charge in [0.05, 0.1) is 6.20 Å². The summed E-state index contributed by atoms with van der Waals surface area (Å²) >= 11 is 0. The molecule has 2 atom stereocenters. The van der Waals surface area contributed by atoms with Crippen LogP contribution in [0.3, 0.4) is 0 Å². The molecular formula is C11H15N3. The summed E-state index contributed by atoms with van der Waals surface area (Å²) in [6, 6.07) is 1.48. The molecule has 2 bridgehead atoms. The number of aromatic nitrogens is 2. The van der Waals surface area contributed by atoms with E-state index in [0.29, 0.717) is 0 Å². The monoisotopic (exact) mass is 189 g/mol. The molecular weight excluding hydrogens is 174 g/mol. The number of rotatable bonds is 1. The molecule has 1 aromatic heterocycles. The second-order valence-electron chi connectivity index (χ2n) is 4.29. The lowest BCUT2D eigenvalue weighted by molar-refractivity contribution is 0.464. The van der Waals surface area contributed by atoms with Gasteiger partial charge in [0.2, 0.25) is 0 Å². The van der Waals surface area contributed by atoms with Crippen LogP contribution >= 0.6 is 0 Å². The van der Waals surface area contributed by atoms with E-state index in [-0.39, 0.29) is 0 Å². The summed E-state index contributed by atoms with van der Waals surface area (Å²) in [5, 5.41) is 0. The van der Waals surface area contributed by atoms with E-state index in [1.54, 1.807) is 12.4 Å². The van der Waals surface area contributed by atoms with Crippen molar-refractivity contribution in [3.63, 3.8) is 0 Å². The Kier molecular flexibility index (Phi) is 1.89. The molecule has 0 radical (unpaired) electrons. The maximum Gasteiger partial charge on any atom is 0.147 e. The largest absolute Gasteiger partial charge is 0.349 e. The molecule has 0 N–H and O–H groups in total. The van der Waals surface area contributed by atoms with Crippen LogP contribution in [0.4, 0.5) is 5.82 Å². The minimum absolute atomic E-state index is 0.741. The third-order valence-corrected chi connectivity index (χ3v) is 3.51. The van der Waals surface area contributed by atoms with Gasteiger partial charge >= 0.3 is 0 Å². The molecule has 0 saturated carbocycles. The molecule has 3 heteroatoms. The van der Waals surface area contributed by atoms with Crippen molar-refractivity contribution in [2.75, 3.05) is 4.90 Å². The molecule has 2 unspecified atom stereocenters. The van der Waals surface area contributed by atoms with Crippen LogP contribution in [-0.4, -0.2) is 22.1 Å². The Bertz CT molecular complexity index is 296. The summed E-state index contributed by atoms with van der Waals surface area (Å²) in [7, 11) is 0. The highest BCUT2D eigenvalue weighted by molar-refractivity contribution is 5.41. The number of piperidine rings is 1. The Morgan fingerprint density at radius 1 is 1.07 bits per heavy atom. The Hall–Kier alpha value is -1.12. The zero-order chi connectivity index (χ0) is 9.38. The molecule has 2 aliphatic heterocycles. The summed E-state index contributed by atoms with van der Waals surface area (Å²) in [4.78, 5) is 11.1. The van der Waals surface area contributed by atoms with E-state index in [1.807, 2.05) is 6.20 Å². The van der Waals surface area contributed by atoms with Crippen LogP contribution in [0.1, 0.15) is 32.1 Å². The van der Waals surface area contributed by atoms with Gasteiger partial charge in [-0.1, -0.05) is 0 Å². The van der Waals surface area contributed by atoms with Crippen LogP contribution in [0.5, 0.6) is 0 Å². The minimum atomic E-state index is 0.741. The van der Waals surface area contributed by atoms with Gasteiger partial charge in [-0.3, -0.25) is 4.98 Å². The predicted molar refractivity (Wildman–Crippen MR) is 55.2 cm³/mol. The first-order valence-corrected chi connectivity index (χ1v) is 5.49. The SMILES string of the molecule is c1cnc(N2C3CCCC2CC3)cn1. The third-order valence-electron chi connectivity index (χ3n) is 3.51. The first kappa shape index (κ1) is 8.21. The lowest BCUT2D eigenvalue weighted by Gasteiger charge is -2.35. The maximum atomic E-state index is 4.41. The second-order valence-corrected chi connectivity index (χ2v) is 4.29. The molecule has 74 valence electrons. The van der Waals surface area contributed by atoms with Crippen LogP contribution in [0.2, 0.25) is 0 Å². The summed E-state index contributed by atoms with van der Waals surface area (Å²) in [6.45, 7) is 0. The average Bonchev–Trinajstić information content (AvgIpc) is 2.50. The van der Waals surface area contributed by atoms with E-state index in [9.17, 15) is 0 Å². The summed E-state index contributed by atoms with van der Waals surface area (Å²) in [6.07, 6.45) is 12.2. The van der Waals surface area contributed by atoms with Crippen molar-refractivity contribution in [1.82, 2.24) is 9.97 Å². The topological polar surface area (TPSA) is 29.0 Å². The fourth-order valence-electron chi connectivity index (χ4n) is 2.92. The van der Waals surface area contributed by atoms with Gasteiger partial charge in [-0.25, -0.2) is 4.98 Å². The number of hydrogen-bond acceptors (Lipinski definition) is 3. The van der Waals surface area contributed by atoms with E-state index in [0.717, 1.165) is 17.9 Å². The fraction of sp³-hybridized carbons (Fsp3) is 0.636. The second kappa shape index (κ2) is 3.23. The Morgan fingerprint density at radius 2 is 1.86 bits per heavy atom. The van der Waals surface area contributed by atoms with Gasteiger partial charge < -0.3 is 4.90 Å². The number of anilines is 1. The number of nitrogens with zero attached hydrogens (tertiary/aromatic N) is 3. The minimum Gasteiger partial charge on any atom is -0.349 e. The summed E-state index contributed by atoms with van der Waals surface area (Å²) < 4.78 is 0. The smallest absolute Gasteiger partial charge is 0.147 e. The highest BCUT2D eigenvalue weighted by Crippen LogP contribution is 2.37. The highest BCUT2D eigenvalue weighted by Gasteiger charge is 2.36. The van der Waals surface area contributed by atoms with Gasteiger partial charge in [-0.15, -0.1) is 0 Å². The first-order valence-electron chi connectivity index (χ1n) is 5.49. The van der Waals surface area contributed by atoms with Crippen molar-refractivity contribution >= 4 is 5.82 Å². The molecule has 0 aliphatic carbocycles. The van der Waals surface area contributed by atoms with Crippen LogP contribution in [-0.2, 0) is 0 Å². The van der Waals surface area contributed by atoms with Crippen molar-refractivity contribution in [3.05, 3.63) is 18.6 Å². The number of fused-ring (bicyclic) bond motifs is 2. The van der Waals surface area contributed by atoms with Crippen LogP contribution in [0, 0.1) is 0 Å². The van der Waals surface area contributed by atoms with Crippen LogP contribution in [0.15, 0.2) is 18.6 Å². The first-order chi connectivity index (χ1) is 6.95. The average molecular weight is 189 g/mol. The van der Waals surface area contributed by atoms with E-state index in [1.165, 1.54) is 32.1 Å². The molecule has 2 saturated heterocycles. The summed E-state index contributed by atoms with van der Waals surface area (Å²) in [5.41, 5.74) is 0. The van der Waals surface area contributed by atoms with Gasteiger partial charge in [0.25, 0.3) is 0 Å². The molecule has 1 aromatic rings. The normalized spacial score (nSPS) is 30.7. The molecule has 3 rings (SSSR count). The van der Waals surface area contributed by atoms with E-state index < -0.39 is 0 Å². The maximum absolute atomic E-state index is 4.41. The van der Waals surface area contributed by atoms with E-state index in [4.69, 9.17) is 0 Å². The Balaban J connectivity index is 1.92. The molecule has 3 heterocycles. The van der Waals surface area contributed by atoms with Gasteiger partial charge in [0.15, 0.2) is 0 Å².